The van der Waals surface area contributed by atoms with Gasteiger partial charge in [-0.1, -0.05) is 73.9 Å². The van der Waals surface area contributed by atoms with Crippen molar-refractivity contribution in [2.75, 3.05) is 5.75 Å². The minimum absolute atomic E-state index is 0.00808. The minimum Gasteiger partial charge on any atom is -0.352 e. The third kappa shape index (κ3) is 7.13. The number of aryl methyl sites for hydroxylation is 1. The number of nitrogens with one attached hydrogen (secondary N) is 1. The molecule has 0 saturated heterocycles. The summed E-state index contributed by atoms with van der Waals surface area (Å²) in [5, 5.41) is 3.19. The molecule has 1 atom stereocenters. The van der Waals surface area contributed by atoms with Crippen molar-refractivity contribution in [3.8, 4) is 0 Å². The van der Waals surface area contributed by atoms with Gasteiger partial charge in [-0.15, -0.1) is 11.8 Å². The third-order valence-electron chi connectivity index (χ3n) is 6.06. The van der Waals surface area contributed by atoms with Gasteiger partial charge >= 0.3 is 0 Å². The van der Waals surface area contributed by atoms with Crippen LogP contribution in [0.2, 0.25) is 0 Å². The molecule has 0 aliphatic heterocycles. The second-order valence-electron chi connectivity index (χ2n) is 8.45. The molecule has 4 nitrogen and oxygen atoms in total. The first-order valence-electron chi connectivity index (χ1n) is 11.3. The molecule has 1 fully saturated rings. The summed E-state index contributed by atoms with van der Waals surface area (Å²) in [6.07, 6.45) is 5.66. The molecule has 0 aromatic heterocycles. The van der Waals surface area contributed by atoms with Gasteiger partial charge in [-0.3, -0.25) is 9.59 Å². The highest BCUT2D eigenvalue weighted by Crippen LogP contribution is 2.20. The fraction of sp³-hybridized carbons (Fsp3) is 0.462. The van der Waals surface area contributed by atoms with Crippen LogP contribution in [-0.2, 0) is 21.9 Å². The molecule has 2 aromatic carbocycles. The Morgan fingerprint density at radius 3 is 2.42 bits per heavy atom. The van der Waals surface area contributed by atoms with E-state index < -0.39 is 6.04 Å². The summed E-state index contributed by atoms with van der Waals surface area (Å²) >= 11 is 1.61. The highest BCUT2D eigenvalue weighted by atomic mass is 32.2. The van der Waals surface area contributed by atoms with Gasteiger partial charge in [0.25, 0.3) is 0 Å². The van der Waals surface area contributed by atoms with Gasteiger partial charge in [0.05, 0.1) is 5.75 Å². The molecule has 0 radical (unpaired) electrons. The number of hydrogen-bond acceptors (Lipinski definition) is 3. The Morgan fingerprint density at radius 2 is 1.71 bits per heavy atom. The van der Waals surface area contributed by atoms with Crippen LogP contribution < -0.4 is 5.32 Å². The van der Waals surface area contributed by atoms with E-state index in [-0.39, 0.29) is 17.9 Å². The van der Waals surface area contributed by atoms with Crippen molar-refractivity contribution >= 4 is 23.6 Å². The SMILES string of the molecule is Cc1ccccc1CSCC(=O)N(Cc1ccccc1)[C@H](C)C(=O)NC1CCCCC1. The molecule has 0 heterocycles. The average molecular weight is 439 g/mol. The van der Waals surface area contributed by atoms with Crippen LogP contribution in [0.1, 0.15) is 55.7 Å². The van der Waals surface area contributed by atoms with E-state index in [0.717, 1.165) is 24.2 Å². The van der Waals surface area contributed by atoms with Crippen molar-refractivity contribution in [3.05, 3.63) is 71.3 Å². The molecule has 0 spiro atoms. The first kappa shape index (κ1) is 23.4. The van der Waals surface area contributed by atoms with Crippen LogP contribution in [0.5, 0.6) is 0 Å². The molecule has 1 saturated carbocycles. The maximum absolute atomic E-state index is 13.2. The van der Waals surface area contributed by atoms with E-state index in [1.807, 2.05) is 49.4 Å². The predicted molar refractivity (Wildman–Crippen MR) is 129 cm³/mol. The Hall–Kier alpha value is -2.27. The maximum atomic E-state index is 13.2. The average Bonchev–Trinajstić information content (AvgIpc) is 2.79. The highest BCUT2D eigenvalue weighted by Gasteiger charge is 2.28. The van der Waals surface area contributed by atoms with E-state index in [4.69, 9.17) is 0 Å². The lowest BCUT2D eigenvalue weighted by Gasteiger charge is -2.31. The lowest BCUT2D eigenvalue weighted by molar-refractivity contribution is -0.139. The summed E-state index contributed by atoms with van der Waals surface area (Å²) < 4.78 is 0. The topological polar surface area (TPSA) is 49.4 Å². The van der Waals surface area contributed by atoms with Gasteiger partial charge in [0.1, 0.15) is 6.04 Å². The molecule has 1 aliphatic rings. The molecule has 166 valence electrons. The van der Waals surface area contributed by atoms with Crippen molar-refractivity contribution in [1.29, 1.82) is 0 Å². The van der Waals surface area contributed by atoms with Crippen molar-refractivity contribution in [2.24, 2.45) is 0 Å². The number of thioether (sulfide) groups is 1. The molecule has 3 rings (SSSR count). The summed E-state index contributed by atoms with van der Waals surface area (Å²) in [6.45, 7) is 4.39. The Balaban J connectivity index is 1.63. The second kappa shape index (κ2) is 11.9. The van der Waals surface area contributed by atoms with Crippen LogP contribution >= 0.6 is 11.8 Å². The smallest absolute Gasteiger partial charge is 0.242 e. The van der Waals surface area contributed by atoms with E-state index in [9.17, 15) is 9.59 Å². The van der Waals surface area contributed by atoms with Gasteiger partial charge in [-0.2, -0.15) is 0 Å². The highest BCUT2D eigenvalue weighted by molar-refractivity contribution is 7.99. The number of carbonyl (C=O) groups excluding carboxylic acids is 2. The van der Waals surface area contributed by atoms with Gasteiger partial charge in [-0.05, 0) is 43.4 Å². The lowest BCUT2D eigenvalue weighted by atomic mass is 9.95. The summed E-state index contributed by atoms with van der Waals surface area (Å²) in [4.78, 5) is 27.9. The van der Waals surface area contributed by atoms with E-state index in [1.165, 1.54) is 30.4 Å². The van der Waals surface area contributed by atoms with E-state index >= 15 is 0 Å². The fourth-order valence-electron chi connectivity index (χ4n) is 4.03. The number of rotatable bonds is 9. The normalized spacial score (nSPS) is 15.3. The Morgan fingerprint density at radius 1 is 1.03 bits per heavy atom. The standard InChI is InChI=1S/C26H34N2O2S/c1-20-11-9-10-14-23(20)18-31-19-25(29)28(17-22-12-5-3-6-13-22)21(2)26(30)27-24-15-7-4-8-16-24/h3,5-6,9-14,21,24H,4,7-8,15-19H2,1-2H3,(H,27,30)/t21-/m1/s1. The zero-order chi connectivity index (χ0) is 22.1. The molecule has 1 N–H and O–H groups in total. The summed E-state index contributed by atoms with van der Waals surface area (Å²) in [7, 11) is 0. The van der Waals surface area contributed by atoms with Crippen LogP contribution in [0.25, 0.3) is 0 Å². The largest absolute Gasteiger partial charge is 0.352 e. The summed E-state index contributed by atoms with van der Waals surface area (Å²) in [5.41, 5.74) is 3.53. The van der Waals surface area contributed by atoms with Gasteiger partial charge in [0, 0.05) is 18.3 Å². The van der Waals surface area contributed by atoms with Crippen LogP contribution in [0.3, 0.4) is 0 Å². The first-order valence-corrected chi connectivity index (χ1v) is 12.5. The molecule has 0 unspecified atom stereocenters. The molecule has 1 aliphatic carbocycles. The van der Waals surface area contributed by atoms with Crippen molar-refractivity contribution in [2.45, 2.75) is 70.3 Å². The fourth-order valence-corrected chi connectivity index (χ4v) is 5.02. The van der Waals surface area contributed by atoms with Crippen LogP contribution in [0, 0.1) is 6.92 Å². The molecular formula is C26H34N2O2S. The zero-order valence-electron chi connectivity index (χ0n) is 18.7. The number of hydrogen-bond donors (Lipinski definition) is 1. The molecule has 31 heavy (non-hydrogen) atoms. The van der Waals surface area contributed by atoms with E-state index in [0.29, 0.717) is 12.3 Å². The molecule has 2 amide bonds. The maximum Gasteiger partial charge on any atom is 0.242 e. The van der Waals surface area contributed by atoms with Crippen LogP contribution in [-0.4, -0.2) is 34.6 Å². The van der Waals surface area contributed by atoms with Crippen molar-refractivity contribution < 1.29 is 9.59 Å². The van der Waals surface area contributed by atoms with Crippen molar-refractivity contribution in [1.82, 2.24) is 10.2 Å². The van der Waals surface area contributed by atoms with Crippen LogP contribution in [0.15, 0.2) is 54.6 Å². The van der Waals surface area contributed by atoms with Gasteiger partial charge in [0.2, 0.25) is 11.8 Å². The van der Waals surface area contributed by atoms with E-state index in [1.54, 1.807) is 16.7 Å². The predicted octanol–water partition coefficient (Wildman–Crippen LogP) is 5.09. The van der Waals surface area contributed by atoms with Gasteiger partial charge < -0.3 is 10.2 Å². The zero-order valence-corrected chi connectivity index (χ0v) is 19.5. The molecular weight excluding hydrogens is 404 g/mol. The number of carbonyl (C=O) groups is 2. The van der Waals surface area contributed by atoms with Crippen molar-refractivity contribution in [3.63, 3.8) is 0 Å². The summed E-state index contributed by atoms with van der Waals surface area (Å²) in [5.74, 6) is 1.12. The lowest BCUT2D eigenvalue weighted by Crippen LogP contribution is -2.50. The van der Waals surface area contributed by atoms with Gasteiger partial charge in [-0.25, -0.2) is 0 Å². The Kier molecular flexibility index (Phi) is 9.01. The van der Waals surface area contributed by atoms with Gasteiger partial charge in [0.15, 0.2) is 0 Å². The summed E-state index contributed by atoms with van der Waals surface area (Å²) in [6, 6.07) is 17.9. The number of benzene rings is 2. The van der Waals surface area contributed by atoms with E-state index in [2.05, 4.69) is 24.4 Å². The Bertz CT molecular complexity index is 849. The number of amides is 2. The Labute approximate surface area is 190 Å². The molecule has 0 bridgehead atoms. The van der Waals surface area contributed by atoms with Crippen LogP contribution in [0.4, 0.5) is 0 Å². The first-order chi connectivity index (χ1) is 15.0. The monoisotopic (exact) mass is 438 g/mol. The number of nitrogens with zero attached hydrogens (tertiary/aromatic N) is 1. The quantitative estimate of drug-likeness (QED) is 0.593. The second-order valence-corrected chi connectivity index (χ2v) is 9.43. The minimum atomic E-state index is -0.492. The third-order valence-corrected chi connectivity index (χ3v) is 7.03. The molecule has 5 heteroatoms. The molecule has 2 aromatic rings.